The number of nitrogens with zero attached hydrogens (tertiary/aromatic N) is 2. The lowest BCUT2D eigenvalue weighted by Crippen LogP contribution is -2.36. The summed E-state index contributed by atoms with van der Waals surface area (Å²) in [5, 5.41) is 9.29. The van der Waals surface area contributed by atoms with Gasteiger partial charge < -0.3 is 0 Å². The molecule has 1 aromatic rings. The summed E-state index contributed by atoms with van der Waals surface area (Å²) in [5.41, 5.74) is 1.03. The first-order valence-corrected chi connectivity index (χ1v) is 5.59. The van der Waals surface area contributed by atoms with E-state index < -0.39 is 4.87 Å². The topological polar surface area (TPSA) is 27.0 Å². The van der Waals surface area contributed by atoms with Crippen molar-refractivity contribution in [2.75, 3.05) is 20.4 Å². The van der Waals surface area contributed by atoms with E-state index in [2.05, 4.69) is 6.07 Å². The van der Waals surface area contributed by atoms with Gasteiger partial charge >= 0.3 is 0 Å². The molecule has 0 fully saturated rings. The summed E-state index contributed by atoms with van der Waals surface area (Å²) < 4.78 is 0. The zero-order valence-electron chi connectivity index (χ0n) is 8.69. The van der Waals surface area contributed by atoms with Gasteiger partial charge in [-0.3, -0.25) is 4.90 Å². The molecule has 1 rings (SSSR count). The Morgan fingerprint density at radius 1 is 1.29 bits per heavy atom. The summed E-state index contributed by atoms with van der Waals surface area (Å²) in [7, 11) is 3.85. The predicted octanol–water partition coefficient (Wildman–Crippen LogP) is 2.29. The number of hydrogen-bond donors (Lipinski definition) is 0. The molecular weight excluding hydrogens is 192 g/mol. The van der Waals surface area contributed by atoms with Crippen molar-refractivity contribution < 1.29 is 0 Å². The highest BCUT2D eigenvalue weighted by Gasteiger charge is 2.33. The Bertz CT molecular complexity index is 329. The van der Waals surface area contributed by atoms with Crippen LogP contribution in [0.5, 0.6) is 0 Å². The average molecular weight is 206 g/mol. The van der Waals surface area contributed by atoms with E-state index >= 15 is 0 Å². The van der Waals surface area contributed by atoms with Gasteiger partial charge in [-0.2, -0.15) is 5.26 Å². The highest BCUT2D eigenvalue weighted by atomic mass is 32.2. The predicted molar refractivity (Wildman–Crippen MR) is 60.9 cm³/mol. The van der Waals surface area contributed by atoms with Crippen LogP contribution in [0.2, 0.25) is 0 Å². The Balaban J connectivity index is 3.20. The van der Waals surface area contributed by atoms with Gasteiger partial charge in [0.1, 0.15) is 6.07 Å². The first kappa shape index (κ1) is 11.1. The summed E-state index contributed by atoms with van der Waals surface area (Å²) in [6.45, 7) is 0. The molecule has 0 saturated carbocycles. The largest absolute Gasteiger partial charge is 0.280 e. The second kappa shape index (κ2) is 4.50. The lowest BCUT2D eigenvalue weighted by Gasteiger charge is -2.31. The van der Waals surface area contributed by atoms with Gasteiger partial charge in [0.15, 0.2) is 4.87 Å². The Hall–Kier alpha value is -0.980. The van der Waals surface area contributed by atoms with Crippen molar-refractivity contribution in [2.24, 2.45) is 0 Å². The van der Waals surface area contributed by atoms with Crippen molar-refractivity contribution in [3.8, 4) is 6.07 Å². The van der Waals surface area contributed by atoms with Crippen LogP contribution in [0, 0.1) is 11.3 Å². The fourth-order valence-electron chi connectivity index (χ4n) is 1.43. The summed E-state index contributed by atoms with van der Waals surface area (Å²) in [6.07, 6.45) is 1.95. The number of thioether (sulfide) groups is 1. The number of rotatable bonds is 3. The molecule has 1 unspecified atom stereocenters. The quantitative estimate of drug-likeness (QED) is 0.710. The van der Waals surface area contributed by atoms with E-state index in [0.717, 1.165) is 5.56 Å². The first-order chi connectivity index (χ1) is 6.67. The minimum Gasteiger partial charge on any atom is -0.280 e. The van der Waals surface area contributed by atoms with E-state index in [1.165, 1.54) is 0 Å². The Labute approximate surface area is 89.5 Å². The van der Waals surface area contributed by atoms with Crippen LogP contribution in [-0.2, 0) is 4.87 Å². The van der Waals surface area contributed by atoms with Crippen molar-refractivity contribution in [3.05, 3.63) is 35.9 Å². The number of hydrogen-bond acceptors (Lipinski definition) is 3. The van der Waals surface area contributed by atoms with Crippen molar-refractivity contribution in [1.29, 1.82) is 5.26 Å². The molecule has 3 heteroatoms. The van der Waals surface area contributed by atoms with Gasteiger partial charge in [-0.25, -0.2) is 0 Å². The van der Waals surface area contributed by atoms with Crippen LogP contribution in [0.15, 0.2) is 30.3 Å². The van der Waals surface area contributed by atoms with Gasteiger partial charge in [-0.05, 0) is 25.9 Å². The molecule has 74 valence electrons. The van der Waals surface area contributed by atoms with Crippen molar-refractivity contribution in [1.82, 2.24) is 4.90 Å². The molecule has 0 heterocycles. The summed E-state index contributed by atoms with van der Waals surface area (Å²) >= 11 is 1.54. The molecule has 0 saturated heterocycles. The zero-order chi connectivity index (χ0) is 10.6. The van der Waals surface area contributed by atoms with Crippen LogP contribution in [0.4, 0.5) is 0 Å². The van der Waals surface area contributed by atoms with Crippen LogP contribution < -0.4 is 0 Å². The van der Waals surface area contributed by atoms with E-state index in [4.69, 9.17) is 0 Å². The second-order valence-electron chi connectivity index (χ2n) is 3.22. The lowest BCUT2D eigenvalue weighted by molar-refractivity contribution is 0.323. The lowest BCUT2D eigenvalue weighted by atomic mass is 10.1. The molecule has 0 aliphatic carbocycles. The normalized spacial score (nSPS) is 14.8. The van der Waals surface area contributed by atoms with Gasteiger partial charge in [0.2, 0.25) is 0 Å². The molecule has 0 bridgehead atoms. The zero-order valence-corrected chi connectivity index (χ0v) is 9.51. The summed E-state index contributed by atoms with van der Waals surface area (Å²) in [6, 6.07) is 12.2. The fraction of sp³-hybridized carbons (Fsp3) is 0.364. The van der Waals surface area contributed by atoms with Crippen molar-refractivity contribution in [3.63, 3.8) is 0 Å². The average Bonchev–Trinajstić information content (AvgIpc) is 2.22. The standard InChI is InChI=1S/C11H14N2S/c1-13(2)11(9-12,14-3)10-7-5-4-6-8-10/h4-8H,1-3H3. The summed E-state index contributed by atoms with van der Waals surface area (Å²) in [5.74, 6) is 0. The molecule has 0 aliphatic heterocycles. The molecule has 14 heavy (non-hydrogen) atoms. The molecule has 0 aromatic heterocycles. The van der Waals surface area contributed by atoms with E-state index in [1.807, 2.05) is 55.6 Å². The van der Waals surface area contributed by atoms with E-state index in [-0.39, 0.29) is 0 Å². The molecule has 1 atom stereocenters. The molecule has 0 N–H and O–H groups in total. The molecule has 0 spiro atoms. The van der Waals surface area contributed by atoms with Gasteiger partial charge in [0.05, 0.1) is 0 Å². The van der Waals surface area contributed by atoms with Gasteiger partial charge in [-0.15, -0.1) is 11.8 Å². The molecule has 0 amide bonds. The molecular formula is C11H14N2S. The van der Waals surface area contributed by atoms with E-state index in [1.54, 1.807) is 11.8 Å². The highest BCUT2D eigenvalue weighted by molar-refractivity contribution is 7.99. The maximum atomic E-state index is 9.29. The fourth-order valence-corrected chi connectivity index (χ4v) is 2.26. The SMILES string of the molecule is CSC(C#N)(c1ccccc1)N(C)C. The minimum absolute atomic E-state index is 0.568. The monoisotopic (exact) mass is 206 g/mol. The van der Waals surface area contributed by atoms with Gasteiger partial charge in [0.25, 0.3) is 0 Å². The molecule has 2 nitrogen and oxygen atoms in total. The van der Waals surface area contributed by atoms with Crippen LogP contribution >= 0.6 is 11.8 Å². The third-order valence-electron chi connectivity index (χ3n) is 2.24. The third-order valence-corrected chi connectivity index (χ3v) is 3.52. The van der Waals surface area contributed by atoms with Crippen molar-refractivity contribution >= 4 is 11.8 Å². The maximum Gasteiger partial charge on any atom is 0.180 e. The summed E-state index contributed by atoms with van der Waals surface area (Å²) in [4.78, 5) is 1.37. The van der Waals surface area contributed by atoms with Crippen LogP contribution in [0.3, 0.4) is 0 Å². The maximum absolute atomic E-state index is 9.29. The number of benzene rings is 1. The Kier molecular flexibility index (Phi) is 3.56. The van der Waals surface area contributed by atoms with Crippen LogP contribution in [0.1, 0.15) is 5.56 Å². The second-order valence-corrected chi connectivity index (χ2v) is 4.22. The first-order valence-electron chi connectivity index (χ1n) is 4.36. The molecule has 0 radical (unpaired) electrons. The minimum atomic E-state index is -0.568. The number of nitriles is 1. The van der Waals surface area contributed by atoms with E-state index in [0.29, 0.717) is 0 Å². The van der Waals surface area contributed by atoms with Crippen LogP contribution in [0.25, 0.3) is 0 Å². The smallest absolute Gasteiger partial charge is 0.180 e. The molecule has 1 aromatic carbocycles. The Morgan fingerprint density at radius 2 is 1.86 bits per heavy atom. The Morgan fingerprint density at radius 3 is 2.21 bits per heavy atom. The highest BCUT2D eigenvalue weighted by Crippen LogP contribution is 2.35. The van der Waals surface area contributed by atoms with Crippen molar-refractivity contribution in [2.45, 2.75) is 4.87 Å². The van der Waals surface area contributed by atoms with Crippen LogP contribution in [-0.4, -0.2) is 25.3 Å². The molecule has 0 aliphatic rings. The van der Waals surface area contributed by atoms with E-state index in [9.17, 15) is 5.26 Å². The van der Waals surface area contributed by atoms with Gasteiger partial charge in [-0.1, -0.05) is 30.3 Å². The third kappa shape index (κ3) is 1.77. The van der Waals surface area contributed by atoms with Gasteiger partial charge in [0, 0.05) is 0 Å².